The average Bonchev–Trinajstić information content (AvgIpc) is 3.24. The van der Waals surface area contributed by atoms with Crippen molar-refractivity contribution >= 4 is 28.2 Å². The fourth-order valence-electron chi connectivity index (χ4n) is 3.64. The largest absolute Gasteiger partial charge is 0.459 e. The van der Waals surface area contributed by atoms with Crippen molar-refractivity contribution in [2.45, 2.75) is 58.8 Å². The minimum Gasteiger partial charge on any atom is -0.459 e. The molecule has 0 saturated heterocycles. The van der Waals surface area contributed by atoms with Gasteiger partial charge in [0.05, 0.1) is 11.8 Å². The van der Waals surface area contributed by atoms with E-state index in [4.69, 9.17) is 4.42 Å². The maximum Gasteiger partial charge on any atom is 0.291 e. The van der Waals surface area contributed by atoms with Crippen LogP contribution in [0, 0.1) is 0 Å². The molecule has 3 rings (SSSR count). The fraction of sp³-hybridized carbons (Fsp3) is 0.524. The van der Waals surface area contributed by atoms with Crippen molar-refractivity contribution in [1.82, 2.24) is 4.90 Å². The van der Waals surface area contributed by atoms with Gasteiger partial charge in [0.25, 0.3) is 11.8 Å². The van der Waals surface area contributed by atoms with E-state index in [2.05, 4.69) is 19.2 Å². The maximum absolute atomic E-state index is 13.4. The van der Waals surface area contributed by atoms with E-state index < -0.39 is 0 Å². The van der Waals surface area contributed by atoms with Gasteiger partial charge in [-0.25, -0.2) is 0 Å². The molecular formula is C21H28N2O3S. The van der Waals surface area contributed by atoms with Crippen molar-refractivity contribution in [2.24, 2.45) is 0 Å². The minimum atomic E-state index is -0.303. The number of thiophene rings is 1. The van der Waals surface area contributed by atoms with E-state index in [0.717, 1.165) is 57.2 Å². The molecule has 1 N–H and O–H groups in total. The number of carbonyl (C=O) groups is 2. The summed E-state index contributed by atoms with van der Waals surface area (Å²) in [7, 11) is 0. The van der Waals surface area contributed by atoms with Crippen molar-refractivity contribution in [3.8, 4) is 0 Å². The van der Waals surface area contributed by atoms with Gasteiger partial charge in [0.2, 0.25) is 0 Å². The summed E-state index contributed by atoms with van der Waals surface area (Å²) in [4.78, 5) is 29.1. The molecule has 2 heterocycles. The normalized spacial score (nSPS) is 13.7. The van der Waals surface area contributed by atoms with Gasteiger partial charge in [-0.05, 0) is 56.2 Å². The third kappa shape index (κ3) is 4.43. The number of hydrogen-bond acceptors (Lipinski definition) is 4. The number of furan rings is 1. The third-order valence-electron chi connectivity index (χ3n) is 4.88. The first-order valence-electron chi connectivity index (χ1n) is 9.94. The monoisotopic (exact) mass is 388 g/mol. The van der Waals surface area contributed by atoms with Crippen LogP contribution in [0.2, 0.25) is 0 Å². The number of aryl methyl sites for hydroxylation is 1. The molecule has 5 nitrogen and oxygen atoms in total. The summed E-state index contributed by atoms with van der Waals surface area (Å²) in [5.41, 5.74) is 1.85. The molecule has 6 heteroatoms. The number of amides is 2. The summed E-state index contributed by atoms with van der Waals surface area (Å²) in [6.07, 6.45) is 8.65. The van der Waals surface area contributed by atoms with Gasteiger partial charge in [-0.1, -0.05) is 20.3 Å². The van der Waals surface area contributed by atoms with Crippen LogP contribution in [0.25, 0.3) is 0 Å². The SMILES string of the molecule is CCCN(CCC)C(=O)c1c(NC(=O)c2ccco2)sc2c1CCCCC2. The summed E-state index contributed by atoms with van der Waals surface area (Å²) in [5.74, 6) is 0.00630. The summed E-state index contributed by atoms with van der Waals surface area (Å²) >= 11 is 1.56. The molecule has 0 radical (unpaired) electrons. The van der Waals surface area contributed by atoms with Crippen LogP contribution in [-0.4, -0.2) is 29.8 Å². The maximum atomic E-state index is 13.4. The van der Waals surface area contributed by atoms with Crippen LogP contribution in [0.1, 0.15) is 77.3 Å². The number of fused-ring (bicyclic) bond motifs is 1. The van der Waals surface area contributed by atoms with E-state index >= 15 is 0 Å². The Hall–Kier alpha value is -2.08. The quantitative estimate of drug-likeness (QED) is 0.669. The van der Waals surface area contributed by atoms with Gasteiger partial charge in [-0.15, -0.1) is 11.3 Å². The summed E-state index contributed by atoms with van der Waals surface area (Å²) < 4.78 is 5.21. The Morgan fingerprint density at radius 2 is 1.89 bits per heavy atom. The smallest absolute Gasteiger partial charge is 0.291 e. The molecule has 0 aliphatic heterocycles. The Kier molecular flexibility index (Phi) is 6.72. The second-order valence-corrected chi connectivity index (χ2v) is 8.10. The van der Waals surface area contributed by atoms with Gasteiger partial charge in [-0.2, -0.15) is 0 Å². The summed E-state index contributed by atoms with van der Waals surface area (Å²) in [6, 6.07) is 3.32. The van der Waals surface area contributed by atoms with Crippen LogP contribution in [0.3, 0.4) is 0 Å². The van der Waals surface area contributed by atoms with E-state index in [1.54, 1.807) is 23.5 Å². The Bertz CT molecular complexity index is 774. The average molecular weight is 389 g/mol. The zero-order valence-corrected chi connectivity index (χ0v) is 17.0. The lowest BCUT2D eigenvalue weighted by molar-refractivity contribution is 0.0756. The number of nitrogens with one attached hydrogen (secondary N) is 1. The van der Waals surface area contributed by atoms with E-state index in [1.165, 1.54) is 17.6 Å². The van der Waals surface area contributed by atoms with Gasteiger partial charge in [0.15, 0.2) is 5.76 Å². The molecule has 0 atom stereocenters. The van der Waals surface area contributed by atoms with Crippen molar-refractivity contribution < 1.29 is 14.0 Å². The zero-order chi connectivity index (χ0) is 19.2. The standard InChI is InChI=1S/C21H28N2O3S/c1-3-12-23(13-4-2)21(25)18-15-9-6-5-7-11-17(15)27-20(18)22-19(24)16-10-8-14-26-16/h8,10,14H,3-7,9,11-13H2,1-2H3,(H,22,24). The molecule has 0 unspecified atom stereocenters. The highest BCUT2D eigenvalue weighted by molar-refractivity contribution is 7.17. The van der Waals surface area contributed by atoms with Gasteiger partial charge >= 0.3 is 0 Å². The number of nitrogens with zero attached hydrogens (tertiary/aromatic N) is 1. The Balaban J connectivity index is 1.97. The third-order valence-corrected chi connectivity index (χ3v) is 6.09. The van der Waals surface area contributed by atoms with Gasteiger partial charge in [-0.3, -0.25) is 9.59 Å². The molecule has 2 aromatic rings. The Morgan fingerprint density at radius 3 is 2.56 bits per heavy atom. The van der Waals surface area contributed by atoms with Crippen LogP contribution in [0.4, 0.5) is 5.00 Å². The summed E-state index contributed by atoms with van der Waals surface area (Å²) in [6.45, 7) is 5.65. The second-order valence-electron chi connectivity index (χ2n) is 6.99. The Morgan fingerprint density at radius 1 is 1.15 bits per heavy atom. The van der Waals surface area contributed by atoms with Gasteiger partial charge < -0.3 is 14.6 Å². The molecule has 27 heavy (non-hydrogen) atoms. The van der Waals surface area contributed by atoms with Gasteiger partial charge in [0, 0.05) is 18.0 Å². The molecule has 1 aliphatic rings. The fourth-order valence-corrected chi connectivity index (χ4v) is 4.92. The Labute approximate surface area is 164 Å². The first-order chi connectivity index (χ1) is 13.2. The molecule has 2 amide bonds. The number of hydrogen-bond donors (Lipinski definition) is 1. The molecule has 146 valence electrons. The highest BCUT2D eigenvalue weighted by Gasteiger charge is 2.28. The molecular weight excluding hydrogens is 360 g/mol. The van der Waals surface area contributed by atoms with Crippen molar-refractivity contribution in [3.63, 3.8) is 0 Å². The van der Waals surface area contributed by atoms with Crippen molar-refractivity contribution in [3.05, 3.63) is 40.2 Å². The van der Waals surface area contributed by atoms with Crippen LogP contribution >= 0.6 is 11.3 Å². The van der Waals surface area contributed by atoms with Crippen LogP contribution in [0.15, 0.2) is 22.8 Å². The van der Waals surface area contributed by atoms with E-state index in [9.17, 15) is 9.59 Å². The number of anilines is 1. The van der Waals surface area contributed by atoms with E-state index in [0.29, 0.717) is 10.6 Å². The topological polar surface area (TPSA) is 62.6 Å². The predicted octanol–water partition coefficient (Wildman–Crippen LogP) is 5.12. The van der Waals surface area contributed by atoms with Gasteiger partial charge in [0.1, 0.15) is 5.00 Å². The lowest BCUT2D eigenvalue weighted by Gasteiger charge is -2.22. The van der Waals surface area contributed by atoms with E-state index in [-0.39, 0.29) is 17.6 Å². The highest BCUT2D eigenvalue weighted by atomic mass is 32.1. The first kappa shape index (κ1) is 19.7. The van der Waals surface area contributed by atoms with E-state index in [1.807, 2.05) is 4.90 Å². The van der Waals surface area contributed by atoms with Crippen LogP contribution < -0.4 is 5.32 Å². The highest BCUT2D eigenvalue weighted by Crippen LogP contribution is 2.38. The van der Waals surface area contributed by atoms with Crippen molar-refractivity contribution in [1.29, 1.82) is 0 Å². The molecule has 0 bridgehead atoms. The van der Waals surface area contributed by atoms with Crippen LogP contribution in [-0.2, 0) is 12.8 Å². The number of rotatable bonds is 7. The lowest BCUT2D eigenvalue weighted by Crippen LogP contribution is -2.33. The van der Waals surface area contributed by atoms with Crippen molar-refractivity contribution in [2.75, 3.05) is 18.4 Å². The molecule has 2 aromatic heterocycles. The second kappa shape index (κ2) is 9.22. The summed E-state index contributed by atoms with van der Waals surface area (Å²) in [5, 5.41) is 3.62. The molecule has 0 spiro atoms. The first-order valence-corrected chi connectivity index (χ1v) is 10.8. The predicted molar refractivity (Wildman–Crippen MR) is 109 cm³/mol. The lowest BCUT2D eigenvalue weighted by atomic mass is 10.0. The number of carbonyl (C=O) groups excluding carboxylic acids is 2. The molecule has 0 saturated carbocycles. The zero-order valence-electron chi connectivity index (χ0n) is 16.2. The molecule has 1 aliphatic carbocycles. The van der Waals surface area contributed by atoms with Crippen LogP contribution in [0.5, 0.6) is 0 Å². The molecule has 0 fully saturated rings. The minimum absolute atomic E-state index is 0.0489. The molecule has 0 aromatic carbocycles.